The van der Waals surface area contributed by atoms with E-state index in [1.54, 1.807) is 0 Å². The Kier molecular flexibility index (Phi) is 4.21. The van der Waals surface area contributed by atoms with Gasteiger partial charge in [-0.25, -0.2) is 0 Å². The SMILES string of the molecule is CCN(CC1CCC1)c1ccc(Br)cc1C=O. The predicted molar refractivity (Wildman–Crippen MR) is 74.8 cm³/mol. The molecule has 0 saturated heterocycles. The lowest BCUT2D eigenvalue weighted by atomic mass is 9.85. The third kappa shape index (κ3) is 2.89. The van der Waals surface area contributed by atoms with Crippen molar-refractivity contribution >= 4 is 27.9 Å². The second kappa shape index (κ2) is 5.67. The minimum Gasteiger partial charge on any atom is -0.371 e. The van der Waals surface area contributed by atoms with Crippen LogP contribution in [0, 0.1) is 5.92 Å². The molecular weight excluding hydrogens is 278 g/mol. The summed E-state index contributed by atoms with van der Waals surface area (Å²) in [6.07, 6.45) is 4.99. The summed E-state index contributed by atoms with van der Waals surface area (Å²) in [6.45, 7) is 4.19. The lowest BCUT2D eigenvalue weighted by Crippen LogP contribution is -2.33. The van der Waals surface area contributed by atoms with Gasteiger partial charge in [0, 0.05) is 28.8 Å². The normalized spacial score (nSPS) is 15.4. The highest BCUT2D eigenvalue weighted by Crippen LogP contribution is 2.30. The molecule has 0 heterocycles. The van der Waals surface area contributed by atoms with E-state index in [1.807, 2.05) is 18.2 Å². The van der Waals surface area contributed by atoms with Gasteiger partial charge in [0.25, 0.3) is 0 Å². The molecule has 0 amide bonds. The third-order valence-electron chi connectivity index (χ3n) is 3.54. The number of rotatable bonds is 5. The Bertz CT molecular complexity index is 401. The highest BCUT2D eigenvalue weighted by molar-refractivity contribution is 9.10. The number of nitrogens with zero attached hydrogens (tertiary/aromatic N) is 1. The summed E-state index contributed by atoms with van der Waals surface area (Å²) in [5.41, 5.74) is 1.85. The molecule has 2 nitrogen and oxygen atoms in total. The molecule has 0 N–H and O–H groups in total. The van der Waals surface area contributed by atoms with Gasteiger partial charge in [0.1, 0.15) is 0 Å². The van der Waals surface area contributed by atoms with E-state index >= 15 is 0 Å². The Morgan fingerprint density at radius 3 is 2.76 bits per heavy atom. The average Bonchev–Trinajstić information content (AvgIpc) is 2.29. The van der Waals surface area contributed by atoms with E-state index in [-0.39, 0.29) is 0 Å². The van der Waals surface area contributed by atoms with Gasteiger partial charge in [0.2, 0.25) is 0 Å². The number of halogens is 1. The van der Waals surface area contributed by atoms with E-state index in [4.69, 9.17) is 0 Å². The van der Waals surface area contributed by atoms with Crippen molar-refractivity contribution in [2.24, 2.45) is 5.92 Å². The van der Waals surface area contributed by atoms with Crippen LogP contribution in [-0.4, -0.2) is 19.4 Å². The van der Waals surface area contributed by atoms with Crippen molar-refractivity contribution in [3.05, 3.63) is 28.2 Å². The summed E-state index contributed by atoms with van der Waals surface area (Å²) in [6, 6.07) is 5.94. The van der Waals surface area contributed by atoms with Crippen LogP contribution in [0.1, 0.15) is 36.5 Å². The molecule has 0 atom stereocenters. The van der Waals surface area contributed by atoms with Gasteiger partial charge in [-0.3, -0.25) is 4.79 Å². The largest absolute Gasteiger partial charge is 0.371 e. The standard InChI is InChI=1S/C14H18BrNO/c1-2-16(9-11-4-3-5-11)14-7-6-13(15)8-12(14)10-17/h6-8,10-11H,2-5,9H2,1H3. The molecule has 1 saturated carbocycles. The van der Waals surface area contributed by atoms with Gasteiger partial charge in [-0.1, -0.05) is 22.4 Å². The predicted octanol–water partition coefficient (Wildman–Crippen LogP) is 3.89. The van der Waals surface area contributed by atoms with Gasteiger partial charge in [-0.2, -0.15) is 0 Å². The van der Waals surface area contributed by atoms with Gasteiger partial charge in [0.05, 0.1) is 0 Å². The molecule has 2 rings (SSSR count). The summed E-state index contributed by atoms with van der Waals surface area (Å²) in [5.74, 6) is 0.818. The number of benzene rings is 1. The second-order valence-electron chi connectivity index (χ2n) is 4.66. The molecule has 1 aliphatic carbocycles. The highest BCUT2D eigenvalue weighted by Gasteiger charge is 2.21. The van der Waals surface area contributed by atoms with E-state index < -0.39 is 0 Å². The Labute approximate surface area is 111 Å². The van der Waals surface area contributed by atoms with Crippen LogP contribution in [0.15, 0.2) is 22.7 Å². The monoisotopic (exact) mass is 295 g/mol. The fourth-order valence-electron chi connectivity index (χ4n) is 2.29. The number of aldehydes is 1. The number of hydrogen-bond acceptors (Lipinski definition) is 2. The molecule has 1 aromatic rings. The van der Waals surface area contributed by atoms with Crippen LogP contribution in [0.4, 0.5) is 5.69 Å². The van der Waals surface area contributed by atoms with Gasteiger partial charge in [-0.05, 0) is 43.9 Å². The summed E-state index contributed by atoms with van der Waals surface area (Å²) in [5, 5.41) is 0. The number of carbonyl (C=O) groups excluding carboxylic acids is 1. The molecule has 3 heteroatoms. The fraction of sp³-hybridized carbons (Fsp3) is 0.500. The smallest absolute Gasteiger partial charge is 0.152 e. The Balaban J connectivity index is 2.19. The maximum absolute atomic E-state index is 11.1. The molecule has 0 spiro atoms. The van der Waals surface area contributed by atoms with E-state index in [2.05, 4.69) is 27.8 Å². The molecule has 0 aromatic heterocycles. The van der Waals surface area contributed by atoms with Crippen molar-refractivity contribution < 1.29 is 4.79 Å². The van der Waals surface area contributed by atoms with Crippen LogP contribution in [0.25, 0.3) is 0 Å². The van der Waals surface area contributed by atoms with Gasteiger partial charge < -0.3 is 4.90 Å². The van der Waals surface area contributed by atoms with E-state index in [9.17, 15) is 4.79 Å². The van der Waals surface area contributed by atoms with E-state index in [0.29, 0.717) is 0 Å². The van der Waals surface area contributed by atoms with Gasteiger partial charge in [0.15, 0.2) is 6.29 Å². The first-order valence-electron chi connectivity index (χ1n) is 6.24. The van der Waals surface area contributed by atoms with Crippen LogP contribution in [0.2, 0.25) is 0 Å². The van der Waals surface area contributed by atoms with Crippen molar-refractivity contribution in [3.8, 4) is 0 Å². The zero-order valence-electron chi connectivity index (χ0n) is 10.2. The van der Waals surface area contributed by atoms with Crippen molar-refractivity contribution in [2.45, 2.75) is 26.2 Å². The Morgan fingerprint density at radius 2 is 2.24 bits per heavy atom. The van der Waals surface area contributed by atoms with Crippen LogP contribution >= 0.6 is 15.9 Å². The molecule has 92 valence electrons. The van der Waals surface area contributed by atoms with Crippen LogP contribution < -0.4 is 4.90 Å². The topological polar surface area (TPSA) is 20.3 Å². The second-order valence-corrected chi connectivity index (χ2v) is 5.57. The summed E-state index contributed by atoms with van der Waals surface area (Å²) >= 11 is 3.41. The molecule has 0 bridgehead atoms. The van der Waals surface area contributed by atoms with Crippen LogP contribution in [0.5, 0.6) is 0 Å². The van der Waals surface area contributed by atoms with Crippen molar-refractivity contribution in [1.82, 2.24) is 0 Å². The highest BCUT2D eigenvalue weighted by atomic mass is 79.9. The molecule has 0 radical (unpaired) electrons. The zero-order chi connectivity index (χ0) is 12.3. The molecular formula is C14H18BrNO. The van der Waals surface area contributed by atoms with Crippen LogP contribution in [0.3, 0.4) is 0 Å². The number of anilines is 1. The minimum atomic E-state index is 0.778. The maximum Gasteiger partial charge on any atom is 0.152 e. The third-order valence-corrected chi connectivity index (χ3v) is 4.04. The molecule has 1 fully saturated rings. The lowest BCUT2D eigenvalue weighted by molar-refractivity contribution is 0.112. The molecule has 1 aliphatic rings. The Hall–Kier alpha value is -0.830. The van der Waals surface area contributed by atoms with Gasteiger partial charge in [-0.15, -0.1) is 0 Å². The summed E-state index contributed by atoms with van der Waals surface area (Å²) in [7, 11) is 0. The van der Waals surface area contributed by atoms with Crippen LogP contribution in [-0.2, 0) is 0 Å². The summed E-state index contributed by atoms with van der Waals surface area (Å²) in [4.78, 5) is 13.4. The number of hydrogen-bond donors (Lipinski definition) is 0. The maximum atomic E-state index is 11.1. The van der Waals surface area contributed by atoms with Crippen molar-refractivity contribution in [2.75, 3.05) is 18.0 Å². The van der Waals surface area contributed by atoms with Crippen molar-refractivity contribution in [1.29, 1.82) is 0 Å². The minimum absolute atomic E-state index is 0.778. The lowest BCUT2D eigenvalue weighted by Gasteiger charge is -2.33. The number of carbonyl (C=O) groups is 1. The molecule has 17 heavy (non-hydrogen) atoms. The first kappa shape index (κ1) is 12.6. The first-order chi connectivity index (χ1) is 8.24. The molecule has 1 aromatic carbocycles. The van der Waals surface area contributed by atoms with Gasteiger partial charge >= 0.3 is 0 Å². The zero-order valence-corrected chi connectivity index (χ0v) is 11.7. The quantitative estimate of drug-likeness (QED) is 0.768. The average molecular weight is 296 g/mol. The molecule has 0 aliphatic heterocycles. The first-order valence-corrected chi connectivity index (χ1v) is 7.03. The van der Waals surface area contributed by atoms with Crippen molar-refractivity contribution in [3.63, 3.8) is 0 Å². The Morgan fingerprint density at radius 1 is 1.47 bits per heavy atom. The van der Waals surface area contributed by atoms with E-state index in [0.717, 1.165) is 41.0 Å². The fourth-order valence-corrected chi connectivity index (χ4v) is 2.67. The van der Waals surface area contributed by atoms with E-state index in [1.165, 1.54) is 19.3 Å². The summed E-state index contributed by atoms with van der Waals surface area (Å²) < 4.78 is 0.961. The molecule has 0 unspecified atom stereocenters.